The van der Waals surface area contributed by atoms with Gasteiger partial charge >= 0.3 is 0 Å². The Morgan fingerprint density at radius 3 is 2.67 bits per heavy atom. The monoisotopic (exact) mass is 526 g/mol. The number of amidine groups is 1. The molecule has 3 aromatic rings. The highest BCUT2D eigenvalue weighted by molar-refractivity contribution is 9.10. The van der Waals surface area contributed by atoms with Crippen molar-refractivity contribution in [2.24, 2.45) is 4.99 Å². The summed E-state index contributed by atoms with van der Waals surface area (Å²) in [5.41, 5.74) is 3.38. The lowest BCUT2D eigenvalue weighted by atomic mass is 10.2. The summed E-state index contributed by atoms with van der Waals surface area (Å²) < 4.78 is 25.4. The molecule has 1 aliphatic heterocycles. The highest BCUT2D eigenvalue weighted by Gasteiger charge is 2.24. The van der Waals surface area contributed by atoms with E-state index in [4.69, 9.17) is 9.47 Å². The fourth-order valence-electron chi connectivity index (χ4n) is 3.11. The first-order valence-corrected chi connectivity index (χ1v) is 11.6. The average molecular weight is 527 g/mol. The van der Waals surface area contributed by atoms with Gasteiger partial charge in [-0.1, -0.05) is 29.8 Å². The number of nitrogens with zero attached hydrogens (tertiary/aromatic N) is 1. The molecule has 1 fully saturated rings. The Bertz CT molecular complexity index is 1260. The Kier molecular flexibility index (Phi) is 7.15. The van der Waals surface area contributed by atoms with Gasteiger partial charge in [-0.05, 0) is 88.2 Å². The number of carbonyl (C=O) groups excluding carboxylic acids is 1. The second kappa shape index (κ2) is 10.2. The number of rotatable bonds is 6. The van der Waals surface area contributed by atoms with Gasteiger partial charge in [-0.3, -0.25) is 4.79 Å². The van der Waals surface area contributed by atoms with E-state index >= 15 is 0 Å². The van der Waals surface area contributed by atoms with Crippen molar-refractivity contribution < 1.29 is 18.7 Å². The number of methoxy groups -OCH3 is 1. The fourth-order valence-corrected chi connectivity index (χ4v) is 4.53. The molecule has 0 bridgehead atoms. The van der Waals surface area contributed by atoms with Crippen molar-refractivity contribution in [3.8, 4) is 11.5 Å². The third-order valence-electron chi connectivity index (χ3n) is 4.74. The summed E-state index contributed by atoms with van der Waals surface area (Å²) in [4.78, 5) is 17.5. The van der Waals surface area contributed by atoms with E-state index in [1.807, 2.05) is 37.3 Å². The summed E-state index contributed by atoms with van der Waals surface area (Å²) in [5.74, 6) is 0.452. The maximum Gasteiger partial charge on any atom is 0.264 e. The zero-order chi connectivity index (χ0) is 23.4. The number of aryl methyl sites for hydroxylation is 1. The Balaban J connectivity index is 1.53. The predicted octanol–water partition coefficient (Wildman–Crippen LogP) is 6.38. The summed E-state index contributed by atoms with van der Waals surface area (Å²) in [6.07, 6.45) is 1.77. The molecule has 4 rings (SSSR count). The van der Waals surface area contributed by atoms with Crippen molar-refractivity contribution in [3.63, 3.8) is 0 Å². The molecule has 5 nitrogen and oxygen atoms in total. The fraction of sp³-hybridized carbons (Fsp3) is 0.120. The molecule has 3 aromatic carbocycles. The molecule has 8 heteroatoms. The Hall–Kier alpha value is -3.10. The number of hydrogen-bond acceptors (Lipinski definition) is 5. The van der Waals surface area contributed by atoms with Crippen LogP contribution in [0.3, 0.4) is 0 Å². The van der Waals surface area contributed by atoms with Gasteiger partial charge in [0, 0.05) is 0 Å². The van der Waals surface area contributed by atoms with Gasteiger partial charge in [-0.15, -0.1) is 0 Å². The van der Waals surface area contributed by atoms with Crippen LogP contribution < -0.4 is 14.8 Å². The Morgan fingerprint density at radius 1 is 1.15 bits per heavy atom. The van der Waals surface area contributed by atoms with Crippen LogP contribution in [0.5, 0.6) is 11.5 Å². The number of hydrogen-bond donors (Lipinski definition) is 1. The molecule has 1 aliphatic rings. The maximum atomic E-state index is 13.4. The van der Waals surface area contributed by atoms with E-state index in [0.717, 1.165) is 16.8 Å². The molecule has 0 radical (unpaired) electrons. The first-order valence-electron chi connectivity index (χ1n) is 10.0. The summed E-state index contributed by atoms with van der Waals surface area (Å²) in [6, 6.07) is 17.6. The van der Waals surface area contributed by atoms with E-state index < -0.39 is 0 Å². The van der Waals surface area contributed by atoms with Crippen LogP contribution in [0.25, 0.3) is 6.08 Å². The van der Waals surface area contributed by atoms with Gasteiger partial charge in [0.1, 0.15) is 12.4 Å². The number of benzene rings is 3. The van der Waals surface area contributed by atoms with E-state index in [9.17, 15) is 9.18 Å². The third kappa shape index (κ3) is 5.83. The molecule has 0 aliphatic carbocycles. The van der Waals surface area contributed by atoms with E-state index in [-0.39, 0.29) is 18.3 Å². The Labute approximate surface area is 203 Å². The highest BCUT2D eigenvalue weighted by Crippen LogP contribution is 2.38. The van der Waals surface area contributed by atoms with Crippen molar-refractivity contribution >= 4 is 50.5 Å². The van der Waals surface area contributed by atoms with Crippen LogP contribution in [0.15, 0.2) is 75.0 Å². The first kappa shape index (κ1) is 23.1. The van der Waals surface area contributed by atoms with Gasteiger partial charge in [0.2, 0.25) is 0 Å². The zero-order valence-corrected chi connectivity index (χ0v) is 20.3. The molecule has 1 heterocycles. The molecule has 0 spiro atoms. The van der Waals surface area contributed by atoms with E-state index in [2.05, 4.69) is 26.2 Å². The minimum atomic E-state index is -0.318. The second-order valence-corrected chi connectivity index (χ2v) is 9.15. The molecule has 1 amide bonds. The van der Waals surface area contributed by atoms with Crippen LogP contribution in [0.1, 0.15) is 16.7 Å². The van der Waals surface area contributed by atoms with Gasteiger partial charge in [0.05, 0.1) is 22.2 Å². The number of amides is 1. The van der Waals surface area contributed by atoms with Crippen LogP contribution >= 0.6 is 27.7 Å². The van der Waals surface area contributed by atoms with Crippen molar-refractivity contribution in [2.75, 3.05) is 7.11 Å². The van der Waals surface area contributed by atoms with Gasteiger partial charge in [0.25, 0.3) is 5.91 Å². The molecule has 0 atom stereocenters. The lowest BCUT2D eigenvalue weighted by molar-refractivity contribution is -0.115. The van der Waals surface area contributed by atoms with Crippen molar-refractivity contribution in [1.29, 1.82) is 0 Å². The van der Waals surface area contributed by atoms with Crippen molar-refractivity contribution in [3.05, 3.63) is 92.5 Å². The number of nitrogens with one attached hydrogen (secondary N) is 1. The molecule has 0 saturated carbocycles. The lowest BCUT2D eigenvalue weighted by Crippen LogP contribution is -2.19. The number of thioether (sulfide) groups is 1. The summed E-state index contributed by atoms with van der Waals surface area (Å²) in [6.45, 7) is 2.19. The quantitative estimate of drug-likeness (QED) is 0.378. The smallest absolute Gasteiger partial charge is 0.264 e. The zero-order valence-electron chi connectivity index (χ0n) is 17.9. The summed E-state index contributed by atoms with van der Waals surface area (Å²) >= 11 is 4.79. The molecule has 1 saturated heterocycles. The minimum Gasteiger partial charge on any atom is -0.493 e. The highest BCUT2D eigenvalue weighted by atomic mass is 79.9. The van der Waals surface area contributed by atoms with Gasteiger partial charge in [-0.25, -0.2) is 9.38 Å². The van der Waals surface area contributed by atoms with E-state index in [1.54, 1.807) is 24.3 Å². The third-order valence-corrected chi connectivity index (χ3v) is 6.24. The van der Waals surface area contributed by atoms with Crippen molar-refractivity contribution in [1.82, 2.24) is 5.32 Å². The first-order chi connectivity index (χ1) is 15.9. The predicted molar refractivity (Wildman–Crippen MR) is 133 cm³/mol. The standard InChI is InChI=1S/C25H20BrFN2O3S/c1-15-6-8-19(9-7-15)28-25-29-24(30)22(33-25)13-17-11-20(26)23(21(12-17)31-2)32-14-16-4-3-5-18(27)10-16/h3-13H,14H2,1-2H3,(H,28,29,30)/b22-13-. The van der Waals surface area contributed by atoms with Gasteiger partial charge in [-0.2, -0.15) is 0 Å². The summed E-state index contributed by atoms with van der Waals surface area (Å²) in [5, 5.41) is 3.32. The maximum absolute atomic E-state index is 13.4. The Morgan fingerprint density at radius 2 is 1.94 bits per heavy atom. The van der Waals surface area contributed by atoms with E-state index in [1.165, 1.54) is 31.0 Å². The largest absolute Gasteiger partial charge is 0.493 e. The molecular weight excluding hydrogens is 507 g/mol. The molecule has 33 heavy (non-hydrogen) atoms. The topological polar surface area (TPSA) is 59.9 Å². The van der Waals surface area contributed by atoms with Gasteiger partial charge in [0.15, 0.2) is 16.7 Å². The second-order valence-electron chi connectivity index (χ2n) is 7.27. The summed E-state index contributed by atoms with van der Waals surface area (Å²) in [7, 11) is 1.54. The normalized spacial score (nSPS) is 15.7. The number of halogens is 2. The molecule has 0 unspecified atom stereocenters. The molecule has 1 N–H and O–H groups in total. The van der Waals surface area contributed by atoms with Crippen LogP contribution in [-0.4, -0.2) is 18.2 Å². The number of aliphatic imine (C=N–C) groups is 1. The average Bonchev–Trinajstić information content (AvgIpc) is 3.12. The number of carbonyl (C=O) groups is 1. The lowest BCUT2D eigenvalue weighted by Gasteiger charge is -2.14. The molecule has 0 aromatic heterocycles. The molecule has 168 valence electrons. The van der Waals surface area contributed by atoms with Crippen LogP contribution in [0.4, 0.5) is 10.1 Å². The van der Waals surface area contributed by atoms with Crippen LogP contribution in [0.2, 0.25) is 0 Å². The van der Waals surface area contributed by atoms with Crippen molar-refractivity contribution in [2.45, 2.75) is 13.5 Å². The minimum absolute atomic E-state index is 0.185. The van der Waals surface area contributed by atoms with Crippen LogP contribution in [0, 0.1) is 12.7 Å². The SMILES string of the molecule is COc1cc(/C=C2\SC(=Nc3ccc(C)cc3)NC2=O)cc(Br)c1OCc1cccc(F)c1. The van der Waals surface area contributed by atoms with E-state index in [0.29, 0.717) is 31.6 Å². The molecular formula is C25H20BrFN2O3S. The van der Waals surface area contributed by atoms with Crippen LogP contribution in [-0.2, 0) is 11.4 Å². The number of ether oxygens (including phenoxy) is 2. The van der Waals surface area contributed by atoms with Gasteiger partial charge < -0.3 is 14.8 Å².